The van der Waals surface area contributed by atoms with Gasteiger partial charge in [-0.1, -0.05) is 11.6 Å². The number of hydrogen-bond acceptors (Lipinski definition) is 3. The molecule has 0 saturated carbocycles. The molecular formula is C11H10Cl2O3. The molecule has 3 nitrogen and oxygen atoms in total. The lowest BCUT2D eigenvalue weighted by Crippen LogP contribution is -2.12. The van der Waals surface area contributed by atoms with Gasteiger partial charge in [-0.05, 0) is 25.1 Å². The van der Waals surface area contributed by atoms with Gasteiger partial charge in [0.05, 0.1) is 23.1 Å². The number of methoxy groups -OCH3 is 1. The van der Waals surface area contributed by atoms with E-state index in [1.807, 2.05) is 0 Å². The lowest BCUT2D eigenvalue weighted by atomic mass is 10.1. The summed E-state index contributed by atoms with van der Waals surface area (Å²) in [5, 5.41) is -0.457. The van der Waals surface area contributed by atoms with Crippen molar-refractivity contribution in [1.82, 2.24) is 0 Å². The second-order valence-corrected chi connectivity index (χ2v) is 4.23. The van der Waals surface area contributed by atoms with E-state index in [2.05, 4.69) is 4.74 Å². The third kappa shape index (κ3) is 2.74. The molecule has 1 aromatic carbocycles. The Labute approximate surface area is 103 Å². The number of ether oxygens (including phenoxy) is 1. The number of ketones is 1. The summed E-state index contributed by atoms with van der Waals surface area (Å²) >= 11 is 11.5. The van der Waals surface area contributed by atoms with Crippen LogP contribution >= 0.6 is 23.2 Å². The maximum Gasteiger partial charge on any atom is 0.337 e. The van der Waals surface area contributed by atoms with Crippen LogP contribution in [0.4, 0.5) is 0 Å². The van der Waals surface area contributed by atoms with E-state index in [-0.39, 0.29) is 10.8 Å². The summed E-state index contributed by atoms with van der Waals surface area (Å²) in [7, 11) is 1.27. The number of halogens is 2. The molecule has 0 amide bonds. The van der Waals surface area contributed by atoms with Crippen molar-refractivity contribution in [2.45, 2.75) is 12.3 Å². The number of rotatable bonds is 3. The molecule has 0 bridgehead atoms. The van der Waals surface area contributed by atoms with Crippen molar-refractivity contribution in [3.05, 3.63) is 34.3 Å². The summed E-state index contributed by atoms with van der Waals surface area (Å²) in [6.45, 7) is 1.56. The number of esters is 1. The van der Waals surface area contributed by atoms with Gasteiger partial charge in [-0.15, -0.1) is 11.6 Å². The Hall–Kier alpha value is -1.06. The van der Waals surface area contributed by atoms with E-state index in [0.717, 1.165) is 0 Å². The summed E-state index contributed by atoms with van der Waals surface area (Å²) in [6.07, 6.45) is 0. The van der Waals surface area contributed by atoms with E-state index in [0.29, 0.717) is 11.1 Å². The van der Waals surface area contributed by atoms with Gasteiger partial charge in [0.2, 0.25) is 0 Å². The van der Waals surface area contributed by atoms with E-state index in [9.17, 15) is 9.59 Å². The fraction of sp³-hybridized carbons (Fsp3) is 0.273. The van der Waals surface area contributed by atoms with Crippen molar-refractivity contribution < 1.29 is 14.3 Å². The van der Waals surface area contributed by atoms with Crippen LogP contribution in [0.2, 0.25) is 5.02 Å². The SMILES string of the molecule is COC(=O)c1ccc(C(=O)C(C)Cl)c(Cl)c1. The first-order valence-electron chi connectivity index (χ1n) is 4.53. The zero-order valence-corrected chi connectivity index (χ0v) is 10.3. The first kappa shape index (κ1) is 13.0. The number of alkyl halides is 1. The van der Waals surface area contributed by atoms with Crippen molar-refractivity contribution in [2.24, 2.45) is 0 Å². The average Bonchev–Trinajstić information content (AvgIpc) is 2.26. The summed E-state index contributed by atoms with van der Waals surface area (Å²) in [5.41, 5.74) is 0.600. The van der Waals surface area contributed by atoms with E-state index in [1.54, 1.807) is 6.92 Å². The average molecular weight is 261 g/mol. The standard InChI is InChI=1S/C11H10Cl2O3/c1-6(12)10(14)8-4-3-7(5-9(8)13)11(15)16-2/h3-6H,1-2H3. The van der Waals surface area contributed by atoms with Crippen LogP contribution in [-0.2, 0) is 4.74 Å². The monoisotopic (exact) mass is 260 g/mol. The Morgan fingerprint density at radius 2 is 2.00 bits per heavy atom. The third-order valence-corrected chi connectivity index (χ3v) is 2.53. The molecule has 86 valence electrons. The minimum absolute atomic E-state index is 0.195. The van der Waals surface area contributed by atoms with Crippen molar-refractivity contribution in [3.8, 4) is 0 Å². The van der Waals surface area contributed by atoms with Crippen LogP contribution in [-0.4, -0.2) is 24.2 Å². The normalized spacial score (nSPS) is 12.0. The Morgan fingerprint density at radius 3 is 2.44 bits per heavy atom. The fourth-order valence-corrected chi connectivity index (χ4v) is 1.57. The van der Waals surface area contributed by atoms with Gasteiger partial charge in [0.25, 0.3) is 0 Å². The molecule has 0 aliphatic rings. The van der Waals surface area contributed by atoms with Crippen LogP contribution in [0.3, 0.4) is 0 Å². The summed E-state index contributed by atoms with van der Waals surface area (Å²) < 4.78 is 4.53. The first-order valence-corrected chi connectivity index (χ1v) is 5.35. The smallest absolute Gasteiger partial charge is 0.337 e. The van der Waals surface area contributed by atoms with Gasteiger partial charge in [0.15, 0.2) is 5.78 Å². The fourth-order valence-electron chi connectivity index (χ4n) is 1.17. The van der Waals surface area contributed by atoms with Gasteiger partial charge in [-0.25, -0.2) is 4.79 Å². The predicted molar refractivity (Wildman–Crippen MR) is 62.4 cm³/mol. The van der Waals surface area contributed by atoms with E-state index in [1.165, 1.54) is 25.3 Å². The van der Waals surface area contributed by atoms with Crippen molar-refractivity contribution in [1.29, 1.82) is 0 Å². The van der Waals surface area contributed by atoms with Gasteiger partial charge < -0.3 is 4.74 Å². The lowest BCUT2D eigenvalue weighted by molar-refractivity contribution is 0.0600. The molecule has 1 atom stereocenters. The Balaban J connectivity index is 3.10. The molecule has 0 spiro atoms. The second-order valence-electron chi connectivity index (χ2n) is 3.17. The van der Waals surface area contributed by atoms with E-state index < -0.39 is 11.3 Å². The predicted octanol–water partition coefficient (Wildman–Crippen LogP) is 2.94. The maximum absolute atomic E-state index is 11.6. The molecule has 1 aromatic rings. The van der Waals surface area contributed by atoms with Crippen LogP contribution in [0.25, 0.3) is 0 Å². The van der Waals surface area contributed by atoms with Gasteiger partial charge >= 0.3 is 5.97 Å². The zero-order chi connectivity index (χ0) is 12.3. The van der Waals surface area contributed by atoms with Gasteiger partial charge in [-0.2, -0.15) is 0 Å². The Bertz CT molecular complexity index is 427. The highest BCUT2D eigenvalue weighted by Gasteiger charge is 2.17. The van der Waals surface area contributed by atoms with Crippen LogP contribution in [0.15, 0.2) is 18.2 Å². The van der Waals surface area contributed by atoms with Crippen LogP contribution in [0, 0.1) is 0 Å². The summed E-state index contributed by atoms with van der Waals surface area (Å²) in [6, 6.07) is 4.33. The topological polar surface area (TPSA) is 43.4 Å². The lowest BCUT2D eigenvalue weighted by Gasteiger charge is -2.06. The molecule has 0 fully saturated rings. The van der Waals surface area contributed by atoms with Crippen molar-refractivity contribution in [3.63, 3.8) is 0 Å². The van der Waals surface area contributed by atoms with Crippen LogP contribution in [0.5, 0.6) is 0 Å². The minimum Gasteiger partial charge on any atom is -0.465 e. The first-order chi connectivity index (χ1) is 7.47. The molecule has 0 aliphatic carbocycles. The molecule has 0 saturated heterocycles. The molecule has 1 rings (SSSR count). The molecule has 16 heavy (non-hydrogen) atoms. The second kappa shape index (κ2) is 5.32. The molecule has 0 radical (unpaired) electrons. The molecule has 0 N–H and O–H groups in total. The Kier molecular flexibility index (Phi) is 4.33. The highest BCUT2D eigenvalue weighted by atomic mass is 35.5. The van der Waals surface area contributed by atoms with Crippen LogP contribution < -0.4 is 0 Å². The molecule has 0 aromatic heterocycles. The van der Waals surface area contributed by atoms with Crippen molar-refractivity contribution in [2.75, 3.05) is 7.11 Å². The summed E-state index contributed by atoms with van der Waals surface area (Å²) in [5.74, 6) is -0.775. The highest BCUT2D eigenvalue weighted by molar-refractivity contribution is 6.39. The van der Waals surface area contributed by atoms with Gasteiger partial charge in [0, 0.05) is 5.56 Å². The molecule has 0 heterocycles. The minimum atomic E-state index is -0.651. The van der Waals surface area contributed by atoms with Gasteiger partial charge in [0.1, 0.15) is 0 Å². The molecule has 1 unspecified atom stereocenters. The number of benzene rings is 1. The molecule has 5 heteroatoms. The Morgan fingerprint density at radius 1 is 1.38 bits per heavy atom. The molecule has 0 aliphatic heterocycles. The zero-order valence-electron chi connectivity index (χ0n) is 8.79. The maximum atomic E-state index is 11.6. The quantitative estimate of drug-likeness (QED) is 0.477. The number of carbonyl (C=O) groups is 2. The highest BCUT2D eigenvalue weighted by Crippen LogP contribution is 2.21. The summed E-state index contributed by atoms with van der Waals surface area (Å²) in [4.78, 5) is 22.8. The number of Topliss-reactive ketones (excluding diaryl/α,β-unsaturated/α-hetero) is 1. The largest absolute Gasteiger partial charge is 0.465 e. The van der Waals surface area contributed by atoms with Crippen molar-refractivity contribution >= 4 is 35.0 Å². The third-order valence-electron chi connectivity index (χ3n) is 2.02. The van der Waals surface area contributed by atoms with E-state index >= 15 is 0 Å². The van der Waals surface area contributed by atoms with Gasteiger partial charge in [-0.3, -0.25) is 4.79 Å². The van der Waals surface area contributed by atoms with Crippen LogP contribution in [0.1, 0.15) is 27.6 Å². The number of hydrogen-bond donors (Lipinski definition) is 0. The number of carbonyl (C=O) groups excluding carboxylic acids is 2. The van der Waals surface area contributed by atoms with E-state index in [4.69, 9.17) is 23.2 Å². The molecular weight excluding hydrogens is 251 g/mol.